The topological polar surface area (TPSA) is 95.1 Å². The van der Waals surface area contributed by atoms with Gasteiger partial charge < -0.3 is 14.5 Å². The molecule has 4 rings (SSSR count). The van der Waals surface area contributed by atoms with Gasteiger partial charge in [0.15, 0.2) is 0 Å². The van der Waals surface area contributed by atoms with Crippen LogP contribution < -0.4 is 10.1 Å². The van der Waals surface area contributed by atoms with E-state index in [9.17, 15) is 4.79 Å². The van der Waals surface area contributed by atoms with Crippen LogP contribution in [0.3, 0.4) is 0 Å². The van der Waals surface area contributed by atoms with Gasteiger partial charge in [-0.1, -0.05) is 30.0 Å². The lowest BCUT2D eigenvalue weighted by Gasteiger charge is -2.07. The molecule has 0 aliphatic rings. The highest BCUT2D eigenvalue weighted by molar-refractivity contribution is 7.99. The van der Waals surface area contributed by atoms with Crippen LogP contribution in [-0.4, -0.2) is 38.2 Å². The summed E-state index contributed by atoms with van der Waals surface area (Å²) in [5, 5.41) is 17.6. The van der Waals surface area contributed by atoms with Crippen LogP contribution in [0.4, 0.5) is 5.82 Å². The van der Waals surface area contributed by atoms with Crippen molar-refractivity contribution in [3.8, 4) is 17.2 Å². The fourth-order valence-electron chi connectivity index (χ4n) is 2.72. The lowest BCUT2D eigenvalue weighted by Crippen LogP contribution is -2.17. The number of thiophene rings is 1. The Hall–Kier alpha value is -3.11. The second-order valence-electron chi connectivity index (χ2n) is 6.09. The number of hydrogen-bond acceptors (Lipinski definition) is 8. The minimum atomic E-state index is -0.178. The molecular weight excluding hydrogens is 422 g/mol. The smallest absolute Gasteiger partial charge is 0.277 e. The molecule has 0 spiro atoms. The van der Waals surface area contributed by atoms with E-state index in [0.29, 0.717) is 35.8 Å². The molecular formula is C20H19N5O3S2. The summed E-state index contributed by atoms with van der Waals surface area (Å²) in [5.74, 6) is 1.64. The van der Waals surface area contributed by atoms with Gasteiger partial charge in [0.05, 0.1) is 30.7 Å². The first-order valence-corrected chi connectivity index (χ1v) is 11.1. The molecule has 10 heteroatoms. The highest BCUT2D eigenvalue weighted by Crippen LogP contribution is 2.30. The third kappa shape index (κ3) is 4.89. The summed E-state index contributed by atoms with van der Waals surface area (Å²) in [5.41, 5.74) is 0.723. The van der Waals surface area contributed by atoms with E-state index in [4.69, 9.17) is 9.15 Å². The summed E-state index contributed by atoms with van der Waals surface area (Å²) >= 11 is 2.82. The zero-order valence-corrected chi connectivity index (χ0v) is 17.8. The minimum Gasteiger partial charge on any atom is -0.493 e. The lowest BCUT2D eigenvalue weighted by atomic mass is 10.2. The molecule has 3 heterocycles. The van der Waals surface area contributed by atoms with Gasteiger partial charge >= 0.3 is 0 Å². The van der Waals surface area contributed by atoms with Crippen LogP contribution in [0.5, 0.6) is 5.75 Å². The third-order valence-electron chi connectivity index (χ3n) is 4.02. The predicted octanol–water partition coefficient (Wildman–Crippen LogP) is 4.17. The Morgan fingerprint density at radius 2 is 2.13 bits per heavy atom. The molecule has 4 aromatic rings. The van der Waals surface area contributed by atoms with Crippen LogP contribution in [0.15, 0.2) is 63.7 Å². The second-order valence-corrected chi connectivity index (χ2v) is 8.05. The number of anilines is 1. The van der Waals surface area contributed by atoms with Gasteiger partial charge in [0.2, 0.25) is 5.91 Å². The zero-order valence-electron chi connectivity index (χ0n) is 16.1. The lowest BCUT2D eigenvalue weighted by molar-refractivity contribution is -0.113. The van der Waals surface area contributed by atoms with Gasteiger partial charge in [-0.15, -0.1) is 21.5 Å². The Labute approximate surface area is 181 Å². The van der Waals surface area contributed by atoms with Crippen LogP contribution in [0.25, 0.3) is 11.5 Å². The van der Waals surface area contributed by atoms with Gasteiger partial charge in [0.1, 0.15) is 11.6 Å². The van der Waals surface area contributed by atoms with Crippen LogP contribution in [0.1, 0.15) is 11.8 Å². The second kappa shape index (κ2) is 9.59. The van der Waals surface area contributed by atoms with Gasteiger partial charge in [-0.25, -0.2) is 4.68 Å². The van der Waals surface area contributed by atoms with Crippen molar-refractivity contribution in [1.82, 2.24) is 20.0 Å². The zero-order chi connectivity index (χ0) is 20.8. The fourth-order valence-corrected chi connectivity index (χ4v) is 3.97. The van der Waals surface area contributed by atoms with E-state index in [1.165, 1.54) is 11.8 Å². The van der Waals surface area contributed by atoms with Crippen molar-refractivity contribution >= 4 is 34.8 Å². The number of thioether (sulfide) groups is 1. The summed E-state index contributed by atoms with van der Waals surface area (Å²) in [6, 6.07) is 13.3. The van der Waals surface area contributed by atoms with Crippen molar-refractivity contribution in [2.75, 3.05) is 17.7 Å². The molecule has 0 bridgehead atoms. The number of benzene rings is 1. The fraction of sp³-hybridized carbons (Fsp3) is 0.200. The van der Waals surface area contributed by atoms with E-state index in [-0.39, 0.29) is 11.7 Å². The van der Waals surface area contributed by atoms with E-state index >= 15 is 0 Å². The highest BCUT2D eigenvalue weighted by Gasteiger charge is 2.15. The average molecular weight is 442 g/mol. The monoisotopic (exact) mass is 441 g/mol. The maximum absolute atomic E-state index is 12.4. The Balaban J connectivity index is 1.35. The van der Waals surface area contributed by atoms with Crippen molar-refractivity contribution < 1.29 is 13.9 Å². The third-order valence-corrected chi connectivity index (χ3v) is 5.70. The standard InChI is InChI=1S/C20H19N5O3S2/c1-2-27-16-8-4-3-7-15(16)19-23-24-20(28-19)30-13-18(26)22-17-9-10-21-25(17)12-14-6-5-11-29-14/h3-11H,2,12-13H2,1H3,(H,22,26). The van der Waals surface area contributed by atoms with Crippen LogP contribution in [0, 0.1) is 0 Å². The molecule has 1 aromatic carbocycles. The van der Waals surface area contributed by atoms with Gasteiger partial charge in [-0.3, -0.25) is 4.79 Å². The molecule has 0 radical (unpaired) electrons. The number of amides is 1. The van der Waals surface area contributed by atoms with E-state index in [1.807, 2.05) is 48.7 Å². The largest absolute Gasteiger partial charge is 0.493 e. The maximum atomic E-state index is 12.4. The normalized spacial score (nSPS) is 10.8. The molecule has 0 aliphatic carbocycles. The molecule has 8 nitrogen and oxygen atoms in total. The SMILES string of the molecule is CCOc1ccccc1-c1nnc(SCC(=O)Nc2ccnn2Cc2cccs2)o1. The quantitative estimate of drug-likeness (QED) is 0.390. The summed E-state index contributed by atoms with van der Waals surface area (Å²) < 4.78 is 13.1. The van der Waals surface area contributed by atoms with Crippen molar-refractivity contribution in [2.45, 2.75) is 18.7 Å². The van der Waals surface area contributed by atoms with Crippen molar-refractivity contribution in [3.63, 3.8) is 0 Å². The number of aromatic nitrogens is 4. The molecule has 0 aliphatic heterocycles. The Kier molecular flexibility index (Phi) is 6.45. The summed E-state index contributed by atoms with van der Waals surface area (Å²) in [4.78, 5) is 13.5. The average Bonchev–Trinajstić information content (AvgIpc) is 3.51. The van der Waals surface area contributed by atoms with Crippen LogP contribution in [-0.2, 0) is 11.3 Å². The summed E-state index contributed by atoms with van der Waals surface area (Å²) in [6.45, 7) is 3.06. The number of rotatable bonds is 9. The molecule has 0 saturated carbocycles. The first kappa shape index (κ1) is 20.2. The number of carbonyl (C=O) groups excluding carboxylic acids is 1. The summed E-state index contributed by atoms with van der Waals surface area (Å²) in [6.07, 6.45) is 1.66. The number of nitrogens with one attached hydrogen (secondary N) is 1. The van der Waals surface area contributed by atoms with Crippen molar-refractivity contribution in [1.29, 1.82) is 0 Å². The molecule has 3 aromatic heterocycles. The Bertz CT molecular complexity index is 1110. The summed E-state index contributed by atoms with van der Waals surface area (Å²) in [7, 11) is 0. The van der Waals surface area contributed by atoms with Gasteiger partial charge in [0, 0.05) is 10.9 Å². The van der Waals surface area contributed by atoms with E-state index < -0.39 is 0 Å². The van der Waals surface area contributed by atoms with E-state index in [0.717, 1.165) is 10.4 Å². The number of nitrogens with zero attached hydrogens (tertiary/aromatic N) is 4. The van der Waals surface area contributed by atoms with Gasteiger partial charge in [0.25, 0.3) is 11.1 Å². The number of ether oxygens (including phenoxy) is 1. The first-order valence-electron chi connectivity index (χ1n) is 9.25. The molecule has 1 amide bonds. The van der Waals surface area contributed by atoms with E-state index in [1.54, 1.807) is 28.3 Å². The Morgan fingerprint density at radius 1 is 1.23 bits per heavy atom. The van der Waals surface area contributed by atoms with Gasteiger partial charge in [-0.05, 0) is 30.5 Å². The van der Waals surface area contributed by atoms with Crippen molar-refractivity contribution in [2.24, 2.45) is 0 Å². The molecule has 1 N–H and O–H groups in total. The van der Waals surface area contributed by atoms with E-state index in [2.05, 4.69) is 20.6 Å². The highest BCUT2D eigenvalue weighted by atomic mass is 32.2. The molecule has 0 unspecified atom stereocenters. The van der Waals surface area contributed by atoms with Crippen molar-refractivity contribution in [3.05, 3.63) is 58.9 Å². The number of carbonyl (C=O) groups is 1. The molecule has 154 valence electrons. The number of hydrogen-bond donors (Lipinski definition) is 1. The minimum absolute atomic E-state index is 0.138. The Morgan fingerprint density at radius 3 is 2.97 bits per heavy atom. The molecule has 0 fully saturated rings. The van der Waals surface area contributed by atoms with Crippen LogP contribution >= 0.6 is 23.1 Å². The first-order chi connectivity index (χ1) is 14.7. The van der Waals surface area contributed by atoms with Gasteiger partial charge in [-0.2, -0.15) is 5.10 Å². The van der Waals surface area contributed by atoms with Crippen LogP contribution in [0.2, 0.25) is 0 Å². The number of para-hydroxylation sites is 1. The maximum Gasteiger partial charge on any atom is 0.277 e. The molecule has 30 heavy (non-hydrogen) atoms. The predicted molar refractivity (Wildman–Crippen MR) is 116 cm³/mol. The molecule has 0 atom stereocenters. The molecule has 0 saturated heterocycles.